The van der Waals surface area contributed by atoms with Crippen LogP contribution in [0.4, 0.5) is 5.69 Å². The molecule has 3 rings (SSSR count). The first kappa shape index (κ1) is 12.4. The van der Waals surface area contributed by atoms with E-state index in [-0.39, 0.29) is 0 Å². The van der Waals surface area contributed by atoms with Crippen LogP contribution in [0.15, 0.2) is 22.7 Å². The number of nitrogens with zero attached hydrogens (tertiary/aromatic N) is 1. The van der Waals surface area contributed by atoms with E-state index in [1.165, 1.54) is 24.9 Å². The average molecular weight is 325 g/mol. The first-order valence-corrected chi connectivity index (χ1v) is 7.70. The molecule has 2 fully saturated rings. The van der Waals surface area contributed by atoms with Gasteiger partial charge < -0.3 is 10.6 Å². The number of thiocarbonyl (C=S) groups is 1. The van der Waals surface area contributed by atoms with Crippen molar-refractivity contribution in [1.29, 1.82) is 0 Å². The summed E-state index contributed by atoms with van der Waals surface area (Å²) < 4.78 is 1.00. The highest BCUT2D eigenvalue weighted by Gasteiger charge is 2.36. The van der Waals surface area contributed by atoms with Gasteiger partial charge in [0.2, 0.25) is 0 Å². The Morgan fingerprint density at radius 3 is 2.56 bits per heavy atom. The molecule has 1 saturated carbocycles. The smallest absolute Gasteiger partial charge is 0.107 e. The molecule has 1 aromatic carbocycles. The van der Waals surface area contributed by atoms with E-state index in [0.29, 0.717) is 4.99 Å². The highest BCUT2D eigenvalue weighted by molar-refractivity contribution is 9.10. The van der Waals surface area contributed by atoms with Gasteiger partial charge in [0.05, 0.1) is 0 Å². The maximum absolute atomic E-state index is 5.87. The minimum atomic E-state index is 0.481. The Morgan fingerprint density at radius 2 is 1.94 bits per heavy atom. The molecule has 1 saturated heterocycles. The summed E-state index contributed by atoms with van der Waals surface area (Å²) in [6.45, 7) is 2.33. The molecule has 1 aromatic rings. The van der Waals surface area contributed by atoms with Gasteiger partial charge in [0, 0.05) is 28.8 Å². The maximum Gasteiger partial charge on any atom is 0.107 e. The van der Waals surface area contributed by atoms with E-state index in [4.69, 9.17) is 18.0 Å². The number of hydrogen-bond donors (Lipinski definition) is 1. The largest absolute Gasteiger partial charge is 0.389 e. The van der Waals surface area contributed by atoms with Gasteiger partial charge in [-0.15, -0.1) is 0 Å². The van der Waals surface area contributed by atoms with Crippen molar-refractivity contribution in [1.82, 2.24) is 0 Å². The summed E-state index contributed by atoms with van der Waals surface area (Å²) in [4.78, 5) is 2.95. The Labute approximate surface area is 122 Å². The second-order valence-electron chi connectivity index (χ2n) is 5.35. The van der Waals surface area contributed by atoms with Crippen molar-refractivity contribution in [2.24, 2.45) is 17.6 Å². The van der Waals surface area contributed by atoms with Crippen LogP contribution in [0.25, 0.3) is 0 Å². The summed E-state index contributed by atoms with van der Waals surface area (Å²) in [5, 5.41) is 0. The Kier molecular flexibility index (Phi) is 3.32. The van der Waals surface area contributed by atoms with Gasteiger partial charge in [-0.1, -0.05) is 24.7 Å². The van der Waals surface area contributed by atoms with Crippen molar-refractivity contribution in [3.63, 3.8) is 0 Å². The lowest BCUT2D eigenvalue weighted by Gasteiger charge is -2.23. The summed E-state index contributed by atoms with van der Waals surface area (Å²) in [7, 11) is 0. The molecular formula is C14H17BrN2S. The van der Waals surface area contributed by atoms with E-state index < -0.39 is 0 Å². The lowest BCUT2D eigenvalue weighted by Crippen LogP contribution is -2.24. The summed E-state index contributed by atoms with van der Waals surface area (Å²) in [6.07, 6.45) is 4.18. The molecule has 1 aliphatic heterocycles. The van der Waals surface area contributed by atoms with Crippen LogP contribution in [0.3, 0.4) is 0 Å². The molecule has 1 aliphatic carbocycles. The van der Waals surface area contributed by atoms with Gasteiger partial charge in [-0.25, -0.2) is 0 Å². The van der Waals surface area contributed by atoms with Gasteiger partial charge in [-0.3, -0.25) is 0 Å². The molecule has 18 heavy (non-hydrogen) atoms. The molecule has 2 N–H and O–H groups in total. The van der Waals surface area contributed by atoms with Crippen LogP contribution >= 0.6 is 28.1 Å². The zero-order valence-corrected chi connectivity index (χ0v) is 12.6. The second kappa shape index (κ2) is 4.82. The Balaban J connectivity index is 1.93. The third kappa shape index (κ3) is 2.05. The molecule has 0 radical (unpaired) electrons. The molecule has 0 amide bonds. The van der Waals surface area contributed by atoms with Crippen LogP contribution in [0, 0.1) is 11.8 Å². The summed E-state index contributed by atoms with van der Waals surface area (Å²) >= 11 is 8.76. The van der Waals surface area contributed by atoms with Gasteiger partial charge in [-0.05, 0) is 52.7 Å². The van der Waals surface area contributed by atoms with Crippen molar-refractivity contribution >= 4 is 38.8 Å². The molecule has 2 atom stereocenters. The van der Waals surface area contributed by atoms with E-state index in [2.05, 4.69) is 33.0 Å². The number of hydrogen-bond acceptors (Lipinski definition) is 2. The van der Waals surface area contributed by atoms with Crippen molar-refractivity contribution < 1.29 is 0 Å². The Bertz CT molecular complexity index is 477. The number of rotatable bonds is 2. The minimum Gasteiger partial charge on any atom is -0.389 e. The second-order valence-corrected chi connectivity index (χ2v) is 6.65. The molecule has 0 spiro atoms. The van der Waals surface area contributed by atoms with Crippen molar-refractivity contribution in [3.05, 3.63) is 28.2 Å². The molecule has 2 nitrogen and oxygen atoms in total. The van der Waals surface area contributed by atoms with E-state index in [1.807, 2.05) is 6.07 Å². The van der Waals surface area contributed by atoms with Gasteiger partial charge in [0.1, 0.15) is 4.99 Å². The van der Waals surface area contributed by atoms with Gasteiger partial charge in [0.15, 0.2) is 0 Å². The summed E-state index contributed by atoms with van der Waals surface area (Å²) in [5.74, 6) is 1.76. The highest BCUT2D eigenvalue weighted by atomic mass is 79.9. The average Bonchev–Trinajstić information content (AvgIpc) is 2.87. The van der Waals surface area contributed by atoms with Gasteiger partial charge >= 0.3 is 0 Å². The van der Waals surface area contributed by atoms with Crippen LogP contribution in [0.5, 0.6) is 0 Å². The van der Waals surface area contributed by atoms with E-state index in [0.717, 1.165) is 35.0 Å². The molecule has 4 heteroatoms. The zero-order chi connectivity index (χ0) is 12.7. The molecule has 96 valence electrons. The third-order valence-electron chi connectivity index (χ3n) is 4.30. The van der Waals surface area contributed by atoms with E-state index >= 15 is 0 Å². The molecule has 0 bridgehead atoms. The number of halogens is 1. The number of anilines is 1. The number of nitrogens with two attached hydrogens (primary N) is 1. The predicted molar refractivity (Wildman–Crippen MR) is 83.1 cm³/mol. The first-order chi connectivity index (χ1) is 8.66. The molecule has 0 aromatic heterocycles. The fourth-order valence-electron chi connectivity index (χ4n) is 3.45. The van der Waals surface area contributed by atoms with Crippen LogP contribution in [-0.2, 0) is 0 Å². The number of benzene rings is 1. The zero-order valence-electron chi connectivity index (χ0n) is 10.2. The lowest BCUT2D eigenvalue weighted by atomic mass is 10.0. The molecular weight excluding hydrogens is 308 g/mol. The number of fused-ring (bicyclic) bond motifs is 1. The Hall–Kier alpha value is -0.610. The topological polar surface area (TPSA) is 29.3 Å². The van der Waals surface area contributed by atoms with Crippen LogP contribution in [0.2, 0.25) is 0 Å². The molecule has 2 aliphatic rings. The normalized spacial score (nSPS) is 26.4. The van der Waals surface area contributed by atoms with Crippen LogP contribution in [-0.4, -0.2) is 18.1 Å². The van der Waals surface area contributed by atoms with Crippen molar-refractivity contribution in [3.8, 4) is 0 Å². The van der Waals surface area contributed by atoms with Gasteiger partial charge in [-0.2, -0.15) is 0 Å². The highest BCUT2D eigenvalue weighted by Crippen LogP contribution is 2.41. The first-order valence-electron chi connectivity index (χ1n) is 6.50. The predicted octanol–water partition coefficient (Wildman–Crippen LogP) is 3.32. The Morgan fingerprint density at radius 1 is 1.28 bits per heavy atom. The fourth-order valence-corrected chi connectivity index (χ4v) is 4.37. The van der Waals surface area contributed by atoms with Gasteiger partial charge in [0.25, 0.3) is 0 Å². The molecule has 1 heterocycles. The van der Waals surface area contributed by atoms with E-state index in [1.54, 1.807) is 0 Å². The monoisotopic (exact) mass is 324 g/mol. The quantitative estimate of drug-likeness (QED) is 0.846. The van der Waals surface area contributed by atoms with Crippen molar-refractivity contribution in [2.75, 3.05) is 18.0 Å². The lowest BCUT2D eigenvalue weighted by molar-refractivity contribution is 0.494. The fraction of sp³-hybridized carbons (Fsp3) is 0.500. The summed E-state index contributed by atoms with van der Waals surface area (Å²) in [5.41, 5.74) is 8.07. The van der Waals surface area contributed by atoms with Crippen LogP contribution in [0.1, 0.15) is 24.8 Å². The standard InChI is InChI=1S/C14H17BrN2S/c15-11-5-2-6-12(13(11)14(16)18)17-7-9-3-1-4-10(9)8-17/h2,5-6,9-10H,1,3-4,7-8H2,(H2,16,18). The minimum absolute atomic E-state index is 0.481. The maximum atomic E-state index is 5.87. The van der Waals surface area contributed by atoms with E-state index in [9.17, 15) is 0 Å². The SMILES string of the molecule is NC(=S)c1c(Br)cccc1N1CC2CCCC2C1. The summed E-state index contributed by atoms with van der Waals surface area (Å²) in [6, 6.07) is 6.21. The molecule has 2 unspecified atom stereocenters. The van der Waals surface area contributed by atoms with Crippen LogP contribution < -0.4 is 10.6 Å². The third-order valence-corrected chi connectivity index (χ3v) is 5.17. The van der Waals surface area contributed by atoms with Crippen molar-refractivity contribution in [2.45, 2.75) is 19.3 Å².